The molecule has 0 unspecified atom stereocenters. The molecule has 6 heteroatoms. The van der Waals surface area contributed by atoms with Crippen molar-refractivity contribution in [2.24, 2.45) is 0 Å². The quantitative estimate of drug-likeness (QED) is 0.734. The number of pyridine rings is 1. The van der Waals surface area contributed by atoms with Crippen LogP contribution in [0, 0.1) is 0 Å². The summed E-state index contributed by atoms with van der Waals surface area (Å²) in [5, 5.41) is 4.63. The molecule has 0 atom stereocenters. The minimum Gasteiger partial charge on any atom is -0.377 e. The Morgan fingerprint density at radius 1 is 1.11 bits per heavy atom. The third-order valence-electron chi connectivity index (χ3n) is 2.23. The normalized spacial score (nSPS) is 10.4. The van der Waals surface area contributed by atoms with Crippen LogP contribution in [0.1, 0.15) is 5.69 Å². The van der Waals surface area contributed by atoms with E-state index in [2.05, 4.69) is 26.2 Å². The molecule has 18 heavy (non-hydrogen) atoms. The Morgan fingerprint density at radius 2 is 1.78 bits per heavy atom. The molecule has 0 fully saturated rings. The molecule has 0 aliphatic heterocycles. The Hall–Kier alpha value is -0.480. The van der Waals surface area contributed by atoms with Gasteiger partial charge < -0.3 is 5.32 Å². The maximum atomic E-state index is 6.07. The van der Waals surface area contributed by atoms with Crippen molar-refractivity contribution in [1.82, 2.24) is 4.98 Å². The summed E-state index contributed by atoms with van der Waals surface area (Å²) >= 11 is 21.3. The van der Waals surface area contributed by atoms with E-state index in [0.29, 0.717) is 27.3 Å². The lowest BCUT2D eigenvalue weighted by Gasteiger charge is -2.10. The van der Waals surface area contributed by atoms with Crippen molar-refractivity contribution in [2.45, 2.75) is 6.54 Å². The fraction of sp³-hybridized carbons (Fsp3) is 0.0833. The third kappa shape index (κ3) is 3.51. The first-order valence-electron chi connectivity index (χ1n) is 5.06. The van der Waals surface area contributed by atoms with Gasteiger partial charge in [0.2, 0.25) is 0 Å². The second kappa shape index (κ2) is 6.11. The van der Waals surface area contributed by atoms with Gasteiger partial charge in [0.05, 0.1) is 28.0 Å². The van der Waals surface area contributed by atoms with E-state index < -0.39 is 0 Å². The van der Waals surface area contributed by atoms with E-state index in [9.17, 15) is 0 Å². The van der Waals surface area contributed by atoms with Crippen molar-refractivity contribution < 1.29 is 0 Å². The Kier molecular flexibility index (Phi) is 4.73. The van der Waals surface area contributed by atoms with E-state index >= 15 is 0 Å². The van der Waals surface area contributed by atoms with Crippen molar-refractivity contribution in [3.8, 4) is 0 Å². The molecule has 0 saturated heterocycles. The van der Waals surface area contributed by atoms with Gasteiger partial charge in [-0.05, 0) is 40.2 Å². The molecule has 2 nitrogen and oxygen atoms in total. The van der Waals surface area contributed by atoms with Crippen LogP contribution in [-0.2, 0) is 6.54 Å². The number of rotatable bonds is 3. The highest BCUT2D eigenvalue weighted by atomic mass is 79.9. The summed E-state index contributed by atoms with van der Waals surface area (Å²) in [6.07, 6.45) is 0. The van der Waals surface area contributed by atoms with Gasteiger partial charge in [-0.25, -0.2) is 4.98 Å². The second-order valence-electron chi connectivity index (χ2n) is 3.55. The first-order chi connectivity index (χ1) is 8.56. The number of benzene rings is 1. The summed E-state index contributed by atoms with van der Waals surface area (Å²) in [4.78, 5) is 4.31. The zero-order valence-corrected chi connectivity index (χ0v) is 12.9. The van der Waals surface area contributed by atoms with Gasteiger partial charge in [0.15, 0.2) is 0 Å². The van der Waals surface area contributed by atoms with E-state index in [4.69, 9.17) is 34.8 Å². The van der Waals surface area contributed by atoms with Crippen molar-refractivity contribution >= 4 is 56.4 Å². The summed E-state index contributed by atoms with van der Waals surface area (Å²) in [6, 6.07) is 8.98. The third-order valence-corrected chi connectivity index (χ3v) is 3.48. The molecule has 1 N–H and O–H groups in total. The van der Waals surface area contributed by atoms with E-state index in [0.717, 1.165) is 10.3 Å². The SMILES string of the molecule is Clc1cc(Cl)c(NCc2cccc(Br)n2)c(Cl)c1. The van der Waals surface area contributed by atoms with Gasteiger partial charge in [0.1, 0.15) is 4.60 Å². The van der Waals surface area contributed by atoms with E-state index in [-0.39, 0.29) is 0 Å². The number of nitrogens with one attached hydrogen (secondary N) is 1. The Morgan fingerprint density at radius 3 is 2.39 bits per heavy atom. The first-order valence-corrected chi connectivity index (χ1v) is 6.99. The van der Waals surface area contributed by atoms with Crippen molar-refractivity contribution in [3.63, 3.8) is 0 Å². The van der Waals surface area contributed by atoms with E-state index in [1.807, 2.05) is 18.2 Å². The molecule has 1 heterocycles. The fourth-order valence-corrected chi connectivity index (χ4v) is 2.77. The minimum absolute atomic E-state index is 0.488. The standard InChI is InChI=1S/C12H8BrCl3N2/c13-11-3-1-2-8(18-11)6-17-12-9(15)4-7(14)5-10(12)16/h1-5,17H,6H2. The van der Waals surface area contributed by atoms with Gasteiger partial charge in [-0.2, -0.15) is 0 Å². The molecular formula is C12H8BrCl3N2. The van der Waals surface area contributed by atoms with E-state index in [1.165, 1.54) is 0 Å². The number of aromatic nitrogens is 1. The number of nitrogens with zero attached hydrogens (tertiary/aromatic N) is 1. The lowest BCUT2D eigenvalue weighted by molar-refractivity contribution is 1.03. The maximum Gasteiger partial charge on any atom is 0.106 e. The molecule has 0 amide bonds. The fourth-order valence-electron chi connectivity index (χ4n) is 1.44. The number of anilines is 1. The van der Waals surface area contributed by atoms with Gasteiger partial charge in [0, 0.05) is 5.02 Å². The lowest BCUT2D eigenvalue weighted by atomic mass is 10.3. The Bertz CT molecular complexity index is 552. The van der Waals surface area contributed by atoms with Crippen LogP contribution in [-0.4, -0.2) is 4.98 Å². The highest BCUT2D eigenvalue weighted by Gasteiger charge is 2.07. The largest absolute Gasteiger partial charge is 0.377 e. The second-order valence-corrected chi connectivity index (χ2v) is 5.61. The summed E-state index contributed by atoms with van der Waals surface area (Å²) in [6.45, 7) is 0.528. The van der Waals surface area contributed by atoms with Crippen LogP contribution in [0.4, 0.5) is 5.69 Å². The molecule has 94 valence electrons. The topological polar surface area (TPSA) is 24.9 Å². The van der Waals surface area contributed by atoms with Crippen molar-refractivity contribution in [1.29, 1.82) is 0 Å². The van der Waals surface area contributed by atoms with Crippen molar-refractivity contribution in [2.75, 3.05) is 5.32 Å². The smallest absolute Gasteiger partial charge is 0.106 e. The highest BCUT2D eigenvalue weighted by Crippen LogP contribution is 2.33. The predicted octanol–water partition coefficient (Wildman–Crippen LogP) is 5.42. The van der Waals surface area contributed by atoms with Crippen LogP contribution in [0.2, 0.25) is 15.1 Å². The molecule has 1 aromatic carbocycles. The van der Waals surface area contributed by atoms with Crippen LogP contribution in [0.5, 0.6) is 0 Å². The molecule has 0 aliphatic rings. The average molecular weight is 366 g/mol. The monoisotopic (exact) mass is 364 g/mol. The molecule has 0 spiro atoms. The van der Waals surface area contributed by atoms with Gasteiger partial charge in [-0.3, -0.25) is 0 Å². The summed E-state index contributed by atoms with van der Waals surface area (Å²) in [7, 11) is 0. The Balaban J connectivity index is 2.16. The van der Waals surface area contributed by atoms with Crippen LogP contribution >= 0.6 is 50.7 Å². The van der Waals surface area contributed by atoms with Gasteiger partial charge >= 0.3 is 0 Å². The predicted molar refractivity (Wildman–Crippen MR) is 80.7 cm³/mol. The molecule has 0 bridgehead atoms. The lowest BCUT2D eigenvalue weighted by Crippen LogP contribution is -2.02. The molecule has 2 aromatic rings. The maximum absolute atomic E-state index is 6.07. The summed E-state index contributed by atoms with van der Waals surface area (Å²) < 4.78 is 0.787. The van der Waals surface area contributed by atoms with Crippen LogP contribution in [0.3, 0.4) is 0 Å². The zero-order valence-electron chi connectivity index (χ0n) is 9.05. The molecule has 1 aromatic heterocycles. The molecule has 0 saturated carbocycles. The number of hydrogen-bond donors (Lipinski definition) is 1. The van der Waals surface area contributed by atoms with E-state index in [1.54, 1.807) is 12.1 Å². The van der Waals surface area contributed by atoms with Gasteiger partial charge in [-0.15, -0.1) is 0 Å². The van der Waals surface area contributed by atoms with Crippen molar-refractivity contribution in [3.05, 3.63) is 55.7 Å². The molecule has 0 aliphatic carbocycles. The van der Waals surface area contributed by atoms with Crippen LogP contribution in [0.25, 0.3) is 0 Å². The average Bonchev–Trinajstić information content (AvgIpc) is 2.27. The van der Waals surface area contributed by atoms with Gasteiger partial charge in [0.25, 0.3) is 0 Å². The first kappa shape index (κ1) is 13.9. The van der Waals surface area contributed by atoms with Crippen LogP contribution < -0.4 is 5.32 Å². The summed E-state index contributed by atoms with van der Waals surface area (Å²) in [5.74, 6) is 0. The number of halogens is 4. The molecule has 2 rings (SSSR count). The number of hydrogen-bond acceptors (Lipinski definition) is 2. The molecule has 0 radical (unpaired) electrons. The highest BCUT2D eigenvalue weighted by molar-refractivity contribution is 9.10. The zero-order chi connectivity index (χ0) is 13.1. The van der Waals surface area contributed by atoms with Crippen LogP contribution in [0.15, 0.2) is 34.9 Å². The Labute approximate surface area is 128 Å². The summed E-state index contributed by atoms with van der Waals surface area (Å²) in [5.41, 5.74) is 1.54. The minimum atomic E-state index is 0.488. The molecular weight excluding hydrogens is 358 g/mol. The van der Waals surface area contributed by atoms with Gasteiger partial charge in [-0.1, -0.05) is 40.9 Å².